The zero-order valence-electron chi connectivity index (χ0n) is 30.4. The number of alkyl halides is 7. The average molecular weight is 902 g/mol. The number of aromatic nitrogens is 2. The van der Waals surface area contributed by atoms with E-state index in [1.807, 2.05) is 0 Å². The molecule has 304 valence electrons. The third kappa shape index (κ3) is 17.5. The largest absolute Gasteiger partial charge is 1.00 e. The van der Waals surface area contributed by atoms with Crippen LogP contribution in [0.4, 0.5) is 26.3 Å². The molecule has 0 fully saturated rings. The van der Waals surface area contributed by atoms with Gasteiger partial charge in [0.1, 0.15) is 12.1 Å². The van der Waals surface area contributed by atoms with Gasteiger partial charge in [0.15, 0.2) is 6.61 Å². The number of oxime groups is 1. The normalized spacial score (nSPS) is 10.9. The first-order valence-electron chi connectivity index (χ1n) is 15.6. The summed E-state index contributed by atoms with van der Waals surface area (Å²) in [5.41, 5.74) is 0.554. The van der Waals surface area contributed by atoms with Gasteiger partial charge in [-0.2, -0.15) is 26.3 Å². The molecular weight excluding hydrogens is 880 g/mol. The Hall–Kier alpha value is -5.97. The number of amides is 2. The van der Waals surface area contributed by atoms with Crippen molar-refractivity contribution in [2.75, 3.05) is 0 Å². The van der Waals surface area contributed by atoms with E-state index in [2.05, 4.69) is 40.6 Å². The first kappa shape index (κ1) is 52.0. The summed E-state index contributed by atoms with van der Waals surface area (Å²) in [6.07, 6.45) is -7.73. The molecule has 14 nitrogen and oxygen atoms in total. The predicted octanol–water partition coefficient (Wildman–Crippen LogP) is 5.71. The summed E-state index contributed by atoms with van der Waals surface area (Å²) < 4.78 is 75.4. The maximum atomic E-state index is 12.6. The summed E-state index contributed by atoms with van der Waals surface area (Å²) in [5.74, 6) is -1.61. The Labute approximate surface area is 373 Å². The number of amidine groups is 2. The molecule has 0 spiro atoms. The molecule has 0 atom stereocenters. The second-order valence-electron chi connectivity index (χ2n) is 10.7. The van der Waals surface area contributed by atoms with Gasteiger partial charge in [-0.05, 0) is 47.5 Å². The third-order valence-corrected chi connectivity index (χ3v) is 7.75. The number of nitrogens with one attached hydrogen (secondary N) is 2. The molecule has 0 unspecified atom stereocenters. The van der Waals surface area contributed by atoms with Crippen LogP contribution in [0, 0.1) is 41.0 Å². The standard InChI is InChI=1S/C18H11ClF3N5O2.C15H11Cl2F3N2O.C3HN3O.Na/c1-24-16(7-23)27-29-10-11-2-4-12(5-3-11)17(28)26-9-15-14(19)6-13(8-25-15)18(20,21)22;16-6-9-1-3-10(4-2-9)14(23)22-8-13-12(17)5-11(7-21-13)15(18,19)20;1-5-3(2-4)6-7;/h2-6,8H,9-10H2,(H,26,28);1-5,7H,6,8H2,(H,22,23);7H;/q;;;+1/p-1/b27-16+;;6-3+;. The van der Waals surface area contributed by atoms with Gasteiger partial charge in [-0.3, -0.25) is 19.6 Å². The van der Waals surface area contributed by atoms with Crippen LogP contribution in [-0.2, 0) is 42.8 Å². The minimum absolute atomic E-state index is 0. The van der Waals surface area contributed by atoms with E-state index in [0.29, 0.717) is 35.0 Å². The fraction of sp³-hybridized carbons (Fsp3) is 0.167. The van der Waals surface area contributed by atoms with Crippen LogP contribution in [0.3, 0.4) is 0 Å². The summed E-state index contributed by atoms with van der Waals surface area (Å²) in [6.45, 7) is 12.5. The van der Waals surface area contributed by atoms with E-state index in [1.54, 1.807) is 42.5 Å². The molecule has 0 radical (unpaired) electrons. The van der Waals surface area contributed by atoms with Crippen molar-refractivity contribution in [1.82, 2.24) is 20.6 Å². The Morgan fingerprint density at radius 2 is 1.17 bits per heavy atom. The van der Waals surface area contributed by atoms with Crippen LogP contribution in [0.15, 0.2) is 83.4 Å². The number of rotatable bonds is 10. The second kappa shape index (κ2) is 25.5. The number of hydrogen-bond acceptors (Lipinski definition) is 10. The van der Waals surface area contributed by atoms with E-state index in [4.69, 9.17) is 63.3 Å². The predicted molar refractivity (Wildman–Crippen MR) is 201 cm³/mol. The third-order valence-electron chi connectivity index (χ3n) is 6.79. The average Bonchev–Trinajstić information content (AvgIpc) is 3.22. The minimum Gasteiger partial charge on any atom is -0.691 e. The number of pyridine rings is 2. The molecule has 0 aliphatic heterocycles. The molecule has 0 saturated heterocycles. The molecule has 2 heterocycles. The van der Waals surface area contributed by atoms with Gasteiger partial charge in [0.25, 0.3) is 11.8 Å². The van der Waals surface area contributed by atoms with Crippen molar-refractivity contribution < 1.29 is 70.3 Å². The maximum Gasteiger partial charge on any atom is 1.00 e. The fourth-order valence-electron chi connectivity index (χ4n) is 3.83. The van der Waals surface area contributed by atoms with Crippen molar-refractivity contribution in [1.29, 1.82) is 10.5 Å². The minimum atomic E-state index is -4.55. The van der Waals surface area contributed by atoms with E-state index in [9.17, 15) is 41.1 Å². The Morgan fingerprint density at radius 3 is 1.47 bits per heavy atom. The molecule has 4 rings (SSSR count). The van der Waals surface area contributed by atoms with Crippen LogP contribution < -0.4 is 40.2 Å². The van der Waals surface area contributed by atoms with Gasteiger partial charge in [-0.1, -0.05) is 60.6 Å². The molecule has 2 amide bonds. The number of halogens is 9. The van der Waals surface area contributed by atoms with Gasteiger partial charge in [0.05, 0.1) is 50.8 Å². The van der Waals surface area contributed by atoms with Gasteiger partial charge >= 0.3 is 53.6 Å². The monoisotopic (exact) mass is 900 g/mol. The first-order valence-corrected chi connectivity index (χ1v) is 16.9. The van der Waals surface area contributed by atoms with Crippen molar-refractivity contribution in [3.05, 3.63) is 156 Å². The quantitative estimate of drug-likeness (QED) is 0.0384. The van der Waals surface area contributed by atoms with Crippen LogP contribution in [0.1, 0.15) is 54.4 Å². The van der Waals surface area contributed by atoms with Crippen LogP contribution in [0.2, 0.25) is 10.0 Å². The Bertz CT molecular complexity index is 2310. The van der Waals surface area contributed by atoms with Gasteiger partial charge in [-0.25, -0.2) is 10.5 Å². The summed E-state index contributed by atoms with van der Waals surface area (Å²) in [5, 5.41) is 35.6. The summed E-state index contributed by atoms with van der Waals surface area (Å²) >= 11 is 17.2. The number of benzene rings is 2. The molecule has 2 aromatic carbocycles. The summed E-state index contributed by atoms with van der Waals surface area (Å²) in [4.78, 5) is 41.6. The fourth-order valence-corrected chi connectivity index (χ4v) is 4.48. The number of nitriles is 2. The van der Waals surface area contributed by atoms with E-state index < -0.39 is 41.1 Å². The Kier molecular flexibility index (Phi) is 22.1. The van der Waals surface area contributed by atoms with E-state index in [1.165, 1.54) is 18.2 Å². The number of hydrogen-bond donors (Lipinski definition) is 2. The topological polar surface area (TPSA) is 197 Å². The van der Waals surface area contributed by atoms with Crippen molar-refractivity contribution >= 4 is 58.3 Å². The van der Waals surface area contributed by atoms with Crippen molar-refractivity contribution in [2.24, 2.45) is 10.3 Å². The first-order chi connectivity index (χ1) is 27.9. The second-order valence-corrected chi connectivity index (χ2v) is 11.8. The number of carbonyl (C=O) groups is 2. The molecular formula is C36H22Cl3F6N10NaO4. The smallest absolute Gasteiger partial charge is 0.691 e. The summed E-state index contributed by atoms with van der Waals surface area (Å²) in [6, 6.07) is 17.2. The molecule has 0 aliphatic carbocycles. The molecule has 4 aromatic rings. The molecule has 60 heavy (non-hydrogen) atoms. The molecule has 0 aliphatic rings. The Morgan fingerprint density at radius 1 is 0.767 bits per heavy atom. The van der Waals surface area contributed by atoms with Gasteiger partial charge in [-0.15, -0.1) is 16.8 Å². The van der Waals surface area contributed by atoms with E-state index in [0.717, 1.165) is 17.7 Å². The van der Waals surface area contributed by atoms with Crippen molar-refractivity contribution in [2.45, 2.75) is 37.9 Å². The van der Waals surface area contributed by atoms with Crippen LogP contribution in [0.5, 0.6) is 0 Å². The zero-order chi connectivity index (χ0) is 44.2. The zero-order valence-corrected chi connectivity index (χ0v) is 34.6. The number of carbonyl (C=O) groups excluding carboxylic acids is 2. The molecule has 2 N–H and O–H groups in total. The van der Waals surface area contributed by atoms with Crippen LogP contribution >= 0.6 is 34.8 Å². The Balaban J connectivity index is 0.000000519. The number of nitrogens with zero attached hydrogens (tertiary/aromatic N) is 8. The van der Waals surface area contributed by atoms with Gasteiger partial charge in [0, 0.05) is 29.4 Å². The molecule has 24 heteroatoms. The van der Waals surface area contributed by atoms with E-state index in [-0.39, 0.29) is 76.6 Å². The van der Waals surface area contributed by atoms with Gasteiger partial charge in [0.2, 0.25) is 0 Å². The van der Waals surface area contributed by atoms with Crippen LogP contribution in [-0.4, -0.2) is 33.5 Å². The van der Waals surface area contributed by atoms with Crippen LogP contribution in [0.25, 0.3) is 9.69 Å². The van der Waals surface area contributed by atoms with E-state index >= 15 is 0 Å². The maximum absolute atomic E-state index is 12.6. The summed E-state index contributed by atoms with van der Waals surface area (Å²) in [7, 11) is 0. The SMILES string of the molecule is O=C(NCc1ncc(C(F)(F)F)cc1Cl)c1ccc(CCl)cc1.[C-]#[N+]/C(C#N)=N/OCc1ccc(C(=O)NCc2ncc(C(F)(F)F)cc2Cl)cc1.[C-]#[N+]/C(C#N)=N/[O-].[Na+]. The molecule has 2 aromatic heterocycles. The molecule has 0 bridgehead atoms. The van der Waals surface area contributed by atoms with Crippen molar-refractivity contribution in [3.8, 4) is 12.1 Å². The molecule has 0 saturated carbocycles. The van der Waals surface area contributed by atoms with Crippen molar-refractivity contribution in [3.63, 3.8) is 0 Å². The van der Waals surface area contributed by atoms with Gasteiger partial charge < -0.3 is 30.4 Å².